The van der Waals surface area contributed by atoms with Gasteiger partial charge in [-0.25, -0.2) is 9.48 Å². The zero-order valence-electron chi connectivity index (χ0n) is 12.3. The minimum Gasteiger partial charge on any atom is -0.504 e. The van der Waals surface area contributed by atoms with E-state index in [-0.39, 0.29) is 11.3 Å². The van der Waals surface area contributed by atoms with E-state index in [9.17, 15) is 9.90 Å². The largest absolute Gasteiger partial charge is 0.504 e. The SMILES string of the molecule is Cc1ccc(Oc2ccccc2-n2cc(C(=O)O)cn2)c(O)c1. The van der Waals surface area contributed by atoms with Gasteiger partial charge in [0, 0.05) is 6.20 Å². The number of hydrogen-bond donors (Lipinski definition) is 2. The molecule has 0 bridgehead atoms. The molecule has 0 amide bonds. The van der Waals surface area contributed by atoms with Crippen molar-refractivity contribution >= 4 is 5.97 Å². The van der Waals surface area contributed by atoms with Crippen LogP contribution in [0.25, 0.3) is 5.69 Å². The van der Waals surface area contributed by atoms with Crippen molar-refractivity contribution in [1.29, 1.82) is 0 Å². The molecule has 23 heavy (non-hydrogen) atoms. The topological polar surface area (TPSA) is 84.6 Å². The molecule has 2 N–H and O–H groups in total. The summed E-state index contributed by atoms with van der Waals surface area (Å²) in [5, 5.41) is 23.0. The van der Waals surface area contributed by atoms with Crippen molar-refractivity contribution in [3.05, 3.63) is 66.0 Å². The average Bonchev–Trinajstić information content (AvgIpc) is 3.00. The van der Waals surface area contributed by atoms with Crippen molar-refractivity contribution in [2.75, 3.05) is 0 Å². The zero-order chi connectivity index (χ0) is 16.4. The van der Waals surface area contributed by atoms with Crippen LogP contribution in [0.5, 0.6) is 17.2 Å². The van der Waals surface area contributed by atoms with Gasteiger partial charge in [-0.2, -0.15) is 5.10 Å². The van der Waals surface area contributed by atoms with Crippen molar-refractivity contribution in [2.45, 2.75) is 6.92 Å². The van der Waals surface area contributed by atoms with Crippen LogP contribution in [0.3, 0.4) is 0 Å². The van der Waals surface area contributed by atoms with Gasteiger partial charge in [-0.1, -0.05) is 18.2 Å². The van der Waals surface area contributed by atoms with E-state index in [0.29, 0.717) is 17.2 Å². The Labute approximate surface area is 132 Å². The van der Waals surface area contributed by atoms with Gasteiger partial charge in [-0.15, -0.1) is 0 Å². The zero-order valence-corrected chi connectivity index (χ0v) is 12.3. The van der Waals surface area contributed by atoms with E-state index >= 15 is 0 Å². The molecule has 6 nitrogen and oxygen atoms in total. The van der Waals surface area contributed by atoms with Crippen LogP contribution in [0.1, 0.15) is 15.9 Å². The average molecular weight is 310 g/mol. The second-order valence-corrected chi connectivity index (χ2v) is 5.02. The molecule has 0 aliphatic rings. The van der Waals surface area contributed by atoms with Gasteiger partial charge in [0.1, 0.15) is 5.69 Å². The van der Waals surface area contributed by atoms with Gasteiger partial charge in [0.05, 0.1) is 11.8 Å². The van der Waals surface area contributed by atoms with Crippen LogP contribution < -0.4 is 4.74 Å². The van der Waals surface area contributed by atoms with E-state index in [4.69, 9.17) is 9.84 Å². The van der Waals surface area contributed by atoms with Crippen LogP contribution in [-0.4, -0.2) is 26.0 Å². The molecular formula is C17H14N2O4. The number of phenols is 1. The molecule has 0 atom stereocenters. The van der Waals surface area contributed by atoms with Gasteiger partial charge in [0.25, 0.3) is 0 Å². The molecule has 1 aromatic heterocycles. The second kappa shape index (κ2) is 5.84. The van der Waals surface area contributed by atoms with Crippen LogP contribution in [0.15, 0.2) is 54.9 Å². The summed E-state index contributed by atoms with van der Waals surface area (Å²) in [6.07, 6.45) is 2.67. The molecule has 0 fully saturated rings. The summed E-state index contributed by atoms with van der Waals surface area (Å²) in [5.41, 5.74) is 1.57. The van der Waals surface area contributed by atoms with Crippen molar-refractivity contribution < 1.29 is 19.7 Å². The Kier molecular flexibility index (Phi) is 3.72. The molecule has 6 heteroatoms. The highest BCUT2D eigenvalue weighted by Crippen LogP contribution is 2.34. The van der Waals surface area contributed by atoms with E-state index < -0.39 is 5.97 Å². The summed E-state index contributed by atoms with van der Waals surface area (Å²) >= 11 is 0. The summed E-state index contributed by atoms with van der Waals surface area (Å²) in [7, 11) is 0. The summed E-state index contributed by atoms with van der Waals surface area (Å²) in [6.45, 7) is 1.87. The van der Waals surface area contributed by atoms with Crippen LogP contribution >= 0.6 is 0 Å². The number of hydrogen-bond acceptors (Lipinski definition) is 4. The van der Waals surface area contributed by atoms with Crippen LogP contribution in [0, 0.1) is 6.92 Å². The lowest BCUT2D eigenvalue weighted by atomic mass is 10.2. The van der Waals surface area contributed by atoms with Crippen molar-refractivity contribution in [3.63, 3.8) is 0 Å². The lowest BCUT2D eigenvalue weighted by molar-refractivity contribution is 0.0697. The van der Waals surface area contributed by atoms with Gasteiger partial charge in [-0.05, 0) is 36.8 Å². The molecule has 0 saturated heterocycles. The minimum atomic E-state index is -1.05. The van der Waals surface area contributed by atoms with E-state index in [0.717, 1.165) is 5.56 Å². The number of aromatic carboxylic acids is 1. The van der Waals surface area contributed by atoms with E-state index in [1.54, 1.807) is 36.4 Å². The number of rotatable bonds is 4. The first kappa shape index (κ1) is 14.6. The maximum Gasteiger partial charge on any atom is 0.338 e. The fourth-order valence-electron chi connectivity index (χ4n) is 2.13. The van der Waals surface area contributed by atoms with Crippen molar-refractivity contribution in [3.8, 4) is 22.9 Å². The highest BCUT2D eigenvalue weighted by molar-refractivity contribution is 5.87. The third-order valence-corrected chi connectivity index (χ3v) is 3.28. The number of benzene rings is 2. The molecule has 3 rings (SSSR count). The first-order chi connectivity index (χ1) is 11.0. The van der Waals surface area contributed by atoms with Crippen molar-refractivity contribution in [1.82, 2.24) is 9.78 Å². The van der Waals surface area contributed by atoms with Gasteiger partial charge >= 0.3 is 5.97 Å². The maximum absolute atomic E-state index is 11.0. The number of para-hydroxylation sites is 2. The summed E-state index contributed by atoms with van der Waals surface area (Å²) in [4.78, 5) is 11.0. The van der Waals surface area contributed by atoms with Gasteiger partial charge in [0.15, 0.2) is 17.2 Å². The highest BCUT2D eigenvalue weighted by atomic mass is 16.5. The Morgan fingerprint density at radius 3 is 2.65 bits per heavy atom. The van der Waals surface area contributed by atoms with Crippen LogP contribution in [0.2, 0.25) is 0 Å². The fraction of sp³-hybridized carbons (Fsp3) is 0.0588. The fourth-order valence-corrected chi connectivity index (χ4v) is 2.13. The van der Waals surface area contributed by atoms with E-state index in [1.807, 2.05) is 13.0 Å². The first-order valence-corrected chi connectivity index (χ1v) is 6.89. The second-order valence-electron chi connectivity index (χ2n) is 5.02. The van der Waals surface area contributed by atoms with Crippen molar-refractivity contribution in [2.24, 2.45) is 0 Å². The molecule has 0 aliphatic heterocycles. The number of carbonyl (C=O) groups is 1. The Balaban J connectivity index is 1.98. The standard InChI is InChI=1S/C17H14N2O4/c1-11-6-7-16(14(20)8-11)23-15-5-3-2-4-13(15)19-10-12(9-18-19)17(21)22/h2-10,20H,1H3,(H,21,22). The quantitative estimate of drug-likeness (QED) is 0.771. The molecule has 0 aliphatic carbocycles. The van der Waals surface area contributed by atoms with Crippen LogP contribution in [0.4, 0.5) is 0 Å². The Bertz CT molecular complexity index is 871. The highest BCUT2D eigenvalue weighted by Gasteiger charge is 2.12. The predicted molar refractivity (Wildman–Crippen MR) is 83.4 cm³/mol. The number of nitrogens with zero attached hydrogens (tertiary/aromatic N) is 2. The normalized spacial score (nSPS) is 10.5. The number of aryl methyl sites for hydroxylation is 1. The Morgan fingerprint density at radius 1 is 1.17 bits per heavy atom. The molecule has 0 unspecified atom stereocenters. The summed E-state index contributed by atoms with van der Waals surface area (Å²) in [5.74, 6) is -0.252. The monoisotopic (exact) mass is 310 g/mol. The summed E-state index contributed by atoms with van der Waals surface area (Å²) < 4.78 is 7.18. The van der Waals surface area contributed by atoms with Gasteiger partial charge in [0.2, 0.25) is 0 Å². The number of carboxylic acid groups (broad SMARTS) is 1. The van der Waals surface area contributed by atoms with Gasteiger partial charge < -0.3 is 14.9 Å². The first-order valence-electron chi connectivity index (χ1n) is 6.89. The lowest BCUT2D eigenvalue weighted by Gasteiger charge is -2.12. The molecule has 116 valence electrons. The molecule has 0 spiro atoms. The Morgan fingerprint density at radius 2 is 1.96 bits per heavy atom. The number of phenolic OH excluding ortho intramolecular Hbond substituents is 1. The molecule has 3 aromatic rings. The number of carboxylic acids is 1. The van der Waals surface area contributed by atoms with Gasteiger partial charge in [-0.3, -0.25) is 0 Å². The lowest BCUT2D eigenvalue weighted by Crippen LogP contribution is -1.98. The smallest absolute Gasteiger partial charge is 0.338 e. The number of ether oxygens (including phenoxy) is 1. The minimum absolute atomic E-state index is 0.0338. The third-order valence-electron chi connectivity index (χ3n) is 3.28. The third kappa shape index (κ3) is 3.01. The molecule has 0 radical (unpaired) electrons. The van der Waals surface area contributed by atoms with Crippen LogP contribution in [-0.2, 0) is 0 Å². The van der Waals surface area contributed by atoms with E-state index in [2.05, 4.69) is 5.10 Å². The molecule has 2 aromatic carbocycles. The molecular weight excluding hydrogens is 296 g/mol. The maximum atomic E-state index is 11.0. The summed E-state index contributed by atoms with van der Waals surface area (Å²) in [6, 6.07) is 12.1. The Hall–Kier alpha value is -3.28. The van der Waals surface area contributed by atoms with E-state index in [1.165, 1.54) is 17.1 Å². The molecule has 1 heterocycles. The predicted octanol–water partition coefficient (Wildman–Crippen LogP) is 3.38. The molecule has 0 saturated carbocycles. The number of aromatic nitrogens is 2. The number of aromatic hydroxyl groups is 1.